The number of hydrogen-bond donors (Lipinski definition) is 0. The molecule has 0 unspecified atom stereocenters. The Morgan fingerprint density at radius 1 is 0.472 bits per heavy atom. The standard InChI is InChI=1S/C49H30N2OS/c1-3-16-32(17-4-1)49(33-18-5-2-6-19-33)39-25-10-8-21-36(39)46-37(23-14-26-40(46)49)41-30-42(44-29-31-15-7-11-27-43(31)52-44)51-48(50-41)38-24-13-22-35-34-20-9-12-28-45(34)53-47(35)38/h1-30H. The van der Waals surface area contributed by atoms with Crippen molar-refractivity contribution in [2.75, 3.05) is 0 Å². The summed E-state index contributed by atoms with van der Waals surface area (Å²) in [5.74, 6) is 1.40. The van der Waals surface area contributed by atoms with E-state index in [-0.39, 0.29) is 0 Å². The first kappa shape index (κ1) is 30.0. The summed E-state index contributed by atoms with van der Waals surface area (Å²) >= 11 is 1.79. The lowest BCUT2D eigenvalue weighted by Crippen LogP contribution is -2.28. The number of aromatic nitrogens is 2. The summed E-state index contributed by atoms with van der Waals surface area (Å²) in [6.45, 7) is 0. The molecule has 7 aromatic carbocycles. The molecule has 0 spiro atoms. The van der Waals surface area contributed by atoms with Crippen LogP contribution in [0.4, 0.5) is 0 Å². The molecule has 1 aliphatic carbocycles. The van der Waals surface area contributed by atoms with Crippen molar-refractivity contribution in [2.24, 2.45) is 0 Å². The molecule has 0 aliphatic heterocycles. The van der Waals surface area contributed by atoms with E-state index in [4.69, 9.17) is 14.4 Å². The number of fused-ring (bicyclic) bond motifs is 7. The van der Waals surface area contributed by atoms with Crippen LogP contribution in [0.25, 0.3) is 76.4 Å². The minimum Gasteiger partial charge on any atom is -0.454 e. The molecule has 3 aromatic heterocycles. The number of hydrogen-bond acceptors (Lipinski definition) is 4. The smallest absolute Gasteiger partial charge is 0.161 e. The molecule has 0 amide bonds. The molecule has 1 aliphatic rings. The van der Waals surface area contributed by atoms with Crippen molar-refractivity contribution in [2.45, 2.75) is 5.41 Å². The largest absolute Gasteiger partial charge is 0.454 e. The van der Waals surface area contributed by atoms with Gasteiger partial charge in [0, 0.05) is 36.7 Å². The Labute approximate surface area is 310 Å². The maximum atomic E-state index is 6.48. The maximum absolute atomic E-state index is 6.48. The molecule has 10 aromatic rings. The second-order valence-electron chi connectivity index (χ2n) is 13.6. The number of benzene rings is 7. The van der Waals surface area contributed by atoms with Gasteiger partial charge < -0.3 is 4.42 Å². The van der Waals surface area contributed by atoms with Crippen molar-refractivity contribution >= 4 is 42.5 Å². The van der Waals surface area contributed by atoms with Crippen LogP contribution in [0, 0.1) is 0 Å². The van der Waals surface area contributed by atoms with E-state index < -0.39 is 5.41 Å². The second-order valence-corrected chi connectivity index (χ2v) is 14.7. The Morgan fingerprint density at radius 2 is 1.09 bits per heavy atom. The molecule has 4 heteroatoms. The van der Waals surface area contributed by atoms with E-state index in [1.165, 1.54) is 53.6 Å². The lowest BCUT2D eigenvalue weighted by atomic mass is 9.67. The van der Waals surface area contributed by atoms with Crippen molar-refractivity contribution in [3.63, 3.8) is 0 Å². The Hall–Kier alpha value is -6.62. The van der Waals surface area contributed by atoms with Crippen LogP contribution in [-0.2, 0) is 5.41 Å². The highest BCUT2D eigenvalue weighted by molar-refractivity contribution is 7.26. The fraction of sp³-hybridized carbons (Fsp3) is 0.0204. The van der Waals surface area contributed by atoms with E-state index >= 15 is 0 Å². The molecule has 0 N–H and O–H groups in total. The number of thiophene rings is 1. The van der Waals surface area contributed by atoms with Gasteiger partial charge in [0.15, 0.2) is 11.6 Å². The Balaban J connectivity index is 1.22. The van der Waals surface area contributed by atoms with Crippen molar-refractivity contribution in [1.29, 1.82) is 0 Å². The average Bonchev–Trinajstić information content (AvgIpc) is 3.92. The molecule has 0 fully saturated rings. The van der Waals surface area contributed by atoms with Crippen molar-refractivity contribution < 1.29 is 4.42 Å². The summed E-state index contributed by atoms with van der Waals surface area (Å²) in [5.41, 5.74) is 11.4. The Morgan fingerprint density at radius 3 is 1.92 bits per heavy atom. The molecule has 0 radical (unpaired) electrons. The van der Waals surface area contributed by atoms with E-state index in [2.05, 4.69) is 164 Å². The summed E-state index contributed by atoms with van der Waals surface area (Å²) in [4.78, 5) is 10.7. The zero-order chi connectivity index (χ0) is 34.9. The van der Waals surface area contributed by atoms with Gasteiger partial charge in [0.25, 0.3) is 0 Å². The molecular formula is C49H30N2OS. The highest BCUT2D eigenvalue weighted by Gasteiger charge is 2.46. The van der Waals surface area contributed by atoms with Crippen LogP contribution in [0.2, 0.25) is 0 Å². The number of nitrogens with zero attached hydrogens (tertiary/aromatic N) is 2. The van der Waals surface area contributed by atoms with E-state index in [1.807, 2.05) is 18.2 Å². The molecule has 3 heterocycles. The first-order chi connectivity index (χ1) is 26.3. The van der Waals surface area contributed by atoms with Gasteiger partial charge in [0.05, 0.1) is 11.1 Å². The van der Waals surface area contributed by atoms with Crippen LogP contribution in [0.5, 0.6) is 0 Å². The molecule has 0 atom stereocenters. The van der Waals surface area contributed by atoms with E-state index in [9.17, 15) is 0 Å². The van der Waals surface area contributed by atoms with Gasteiger partial charge in [-0.2, -0.15) is 0 Å². The van der Waals surface area contributed by atoms with E-state index in [0.29, 0.717) is 5.82 Å². The second kappa shape index (κ2) is 11.7. The molecule has 0 bridgehead atoms. The van der Waals surface area contributed by atoms with Gasteiger partial charge in [-0.3, -0.25) is 0 Å². The normalized spacial score (nSPS) is 13.1. The predicted molar refractivity (Wildman–Crippen MR) is 218 cm³/mol. The van der Waals surface area contributed by atoms with Crippen molar-refractivity contribution in [3.8, 4) is 45.2 Å². The maximum Gasteiger partial charge on any atom is 0.161 e. The molecule has 11 rings (SSSR count). The summed E-state index contributed by atoms with van der Waals surface area (Å²) < 4.78 is 8.91. The van der Waals surface area contributed by atoms with Crippen LogP contribution >= 0.6 is 11.3 Å². The number of rotatable bonds is 5. The van der Waals surface area contributed by atoms with E-state index in [0.717, 1.165) is 39.2 Å². The van der Waals surface area contributed by atoms with Gasteiger partial charge in [-0.15, -0.1) is 11.3 Å². The van der Waals surface area contributed by atoms with Gasteiger partial charge in [-0.25, -0.2) is 9.97 Å². The molecule has 53 heavy (non-hydrogen) atoms. The quantitative estimate of drug-likeness (QED) is 0.180. The zero-order valence-corrected chi connectivity index (χ0v) is 29.3. The van der Waals surface area contributed by atoms with Crippen LogP contribution in [-0.4, -0.2) is 9.97 Å². The summed E-state index contributed by atoms with van der Waals surface area (Å²) in [7, 11) is 0. The first-order valence-corrected chi connectivity index (χ1v) is 18.7. The molecule has 0 saturated heterocycles. The minimum atomic E-state index is -0.509. The topological polar surface area (TPSA) is 38.9 Å². The number of furan rings is 1. The molecular weight excluding hydrogens is 665 g/mol. The van der Waals surface area contributed by atoms with Crippen LogP contribution in [0.1, 0.15) is 22.3 Å². The van der Waals surface area contributed by atoms with Gasteiger partial charge >= 0.3 is 0 Å². The number of para-hydroxylation sites is 1. The minimum absolute atomic E-state index is 0.509. The summed E-state index contributed by atoms with van der Waals surface area (Å²) in [6, 6.07) is 64.8. The monoisotopic (exact) mass is 694 g/mol. The highest BCUT2D eigenvalue weighted by atomic mass is 32.1. The lowest BCUT2D eigenvalue weighted by Gasteiger charge is -2.33. The molecule has 248 valence electrons. The third-order valence-electron chi connectivity index (χ3n) is 10.8. The summed E-state index contributed by atoms with van der Waals surface area (Å²) in [5, 5.41) is 3.51. The van der Waals surface area contributed by atoms with Crippen molar-refractivity contribution in [3.05, 3.63) is 204 Å². The lowest BCUT2D eigenvalue weighted by molar-refractivity contribution is 0.628. The molecule has 3 nitrogen and oxygen atoms in total. The molecule has 0 saturated carbocycles. The van der Waals surface area contributed by atoms with Crippen LogP contribution in [0.3, 0.4) is 0 Å². The summed E-state index contributed by atoms with van der Waals surface area (Å²) in [6.07, 6.45) is 0. The Kier molecular flexibility index (Phi) is 6.64. The van der Waals surface area contributed by atoms with Gasteiger partial charge in [0.1, 0.15) is 11.3 Å². The van der Waals surface area contributed by atoms with Gasteiger partial charge in [0.2, 0.25) is 0 Å². The van der Waals surface area contributed by atoms with Gasteiger partial charge in [-0.05, 0) is 63.7 Å². The fourth-order valence-corrected chi connectivity index (χ4v) is 9.78. The highest BCUT2D eigenvalue weighted by Crippen LogP contribution is 2.58. The average molecular weight is 695 g/mol. The first-order valence-electron chi connectivity index (χ1n) is 17.9. The third kappa shape index (κ3) is 4.46. The predicted octanol–water partition coefficient (Wildman–Crippen LogP) is 13.0. The van der Waals surface area contributed by atoms with E-state index in [1.54, 1.807) is 11.3 Å². The van der Waals surface area contributed by atoms with Crippen LogP contribution < -0.4 is 0 Å². The SMILES string of the molecule is c1ccc(C2(c3ccccc3)c3ccccc3-c3c(-c4cc(-c5cc6ccccc6o5)nc(-c5cccc6c5sc5ccccc56)n4)cccc32)cc1. The zero-order valence-electron chi connectivity index (χ0n) is 28.5. The Bertz CT molecular complexity index is 2940. The third-order valence-corrected chi connectivity index (χ3v) is 12.0. The van der Waals surface area contributed by atoms with Gasteiger partial charge in [-0.1, -0.05) is 152 Å². The van der Waals surface area contributed by atoms with Crippen molar-refractivity contribution in [1.82, 2.24) is 9.97 Å². The fourth-order valence-electron chi connectivity index (χ4n) is 8.57. The van der Waals surface area contributed by atoms with Crippen LogP contribution in [0.15, 0.2) is 186 Å².